The fraction of sp³-hybridized carbons (Fsp3) is 0.462. The van der Waals surface area contributed by atoms with Gasteiger partial charge in [-0.15, -0.1) is 0 Å². The predicted octanol–water partition coefficient (Wildman–Crippen LogP) is 2.75. The minimum absolute atomic E-state index is 0.301. The van der Waals surface area contributed by atoms with E-state index in [1.807, 2.05) is 0 Å². The molecule has 19 heavy (non-hydrogen) atoms. The average molecular weight is 272 g/mol. The van der Waals surface area contributed by atoms with Gasteiger partial charge in [0.25, 0.3) is 0 Å². The van der Waals surface area contributed by atoms with Gasteiger partial charge in [0.2, 0.25) is 5.91 Å². The molecule has 0 saturated heterocycles. The number of halogens is 3. The van der Waals surface area contributed by atoms with Gasteiger partial charge in [-0.25, -0.2) is 0 Å². The molecule has 1 aromatic rings. The lowest BCUT2D eigenvalue weighted by Gasteiger charge is -2.32. The van der Waals surface area contributed by atoms with E-state index in [1.165, 1.54) is 4.90 Å². The third-order valence-electron chi connectivity index (χ3n) is 3.41. The molecule has 0 aromatic heterocycles. The summed E-state index contributed by atoms with van der Waals surface area (Å²) in [7, 11) is 0. The SMILES string of the molecule is CC(C(=O)N1CCCc2c(N)cccc21)C(F)(F)F. The molecule has 0 aliphatic carbocycles. The Morgan fingerprint density at radius 2 is 2.11 bits per heavy atom. The van der Waals surface area contributed by atoms with Crippen LogP contribution in [-0.2, 0) is 11.2 Å². The summed E-state index contributed by atoms with van der Waals surface area (Å²) >= 11 is 0. The van der Waals surface area contributed by atoms with E-state index in [2.05, 4.69) is 0 Å². The van der Waals surface area contributed by atoms with Gasteiger partial charge in [0.05, 0.1) is 0 Å². The highest BCUT2D eigenvalue weighted by Crippen LogP contribution is 2.35. The maximum Gasteiger partial charge on any atom is 0.400 e. The number of fused-ring (bicyclic) bond motifs is 1. The van der Waals surface area contributed by atoms with Gasteiger partial charge in [-0.05, 0) is 37.5 Å². The number of nitrogens with two attached hydrogens (primary N) is 1. The lowest BCUT2D eigenvalue weighted by atomic mass is 9.98. The van der Waals surface area contributed by atoms with Crippen molar-refractivity contribution in [3.63, 3.8) is 0 Å². The maximum absolute atomic E-state index is 12.6. The third-order valence-corrected chi connectivity index (χ3v) is 3.41. The van der Waals surface area contributed by atoms with Crippen LogP contribution in [0.4, 0.5) is 24.5 Å². The van der Waals surface area contributed by atoms with Crippen LogP contribution in [0.1, 0.15) is 18.9 Å². The van der Waals surface area contributed by atoms with Crippen LogP contribution in [0.2, 0.25) is 0 Å². The molecule has 3 nitrogen and oxygen atoms in total. The highest BCUT2D eigenvalue weighted by Gasteiger charge is 2.43. The van der Waals surface area contributed by atoms with Gasteiger partial charge in [0.15, 0.2) is 0 Å². The second-order valence-electron chi connectivity index (χ2n) is 4.70. The highest BCUT2D eigenvalue weighted by molar-refractivity contribution is 5.97. The van der Waals surface area contributed by atoms with Crippen LogP contribution in [0.5, 0.6) is 0 Å². The summed E-state index contributed by atoms with van der Waals surface area (Å²) in [5.74, 6) is -2.92. The van der Waals surface area contributed by atoms with Gasteiger partial charge in [-0.3, -0.25) is 4.79 Å². The largest absolute Gasteiger partial charge is 0.400 e. The molecule has 1 unspecified atom stereocenters. The minimum Gasteiger partial charge on any atom is -0.398 e. The van der Waals surface area contributed by atoms with Gasteiger partial charge in [0.1, 0.15) is 5.92 Å². The van der Waals surface area contributed by atoms with Crippen molar-refractivity contribution in [3.05, 3.63) is 23.8 Å². The van der Waals surface area contributed by atoms with Crippen molar-refractivity contribution < 1.29 is 18.0 Å². The number of hydrogen-bond donors (Lipinski definition) is 1. The molecule has 104 valence electrons. The topological polar surface area (TPSA) is 46.3 Å². The zero-order chi connectivity index (χ0) is 14.2. The lowest BCUT2D eigenvalue weighted by molar-refractivity contribution is -0.177. The van der Waals surface area contributed by atoms with E-state index < -0.39 is 18.0 Å². The number of alkyl halides is 3. The molecule has 1 aliphatic heterocycles. The van der Waals surface area contributed by atoms with E-state index in [4.69, 9.17) is 5.73 Å². The Labute approximate surface area is 109 Å². The fourth-order valence-corrected chi connectivity index (χ4v) is 2.25. The van der Waals surface area contributed by atoms with Crippen LogP contribution in [-0.4, -0.2) is 18.6 Å². The van der Waals surface area contributed by atoms with Crippen molar-refractivity contribution in [1.82, 2.24) is 0 Å². The Morgan fingerprint density at radius 1 is 1.42 bits per heavy atom. The van der Waals surface area contributed by atoms with Crippen molar-refractivity contribution in [2.24, 2.45) is 5.92 Å². The van der Waals surface area contributed by atoms with E-state index in [0.29, 0.717) is 30.8 Å². The molecule has 1 aromatic carbocycles. The Balaban J connectivity index is 2.34. The van der Waals surface area contributed by atoms with Crippen LogP contribution >= 0.6 is 0 Å². The number of amides is 1. The summed E-state index contributed by atoms with van der Waals surface area (Å²) in [6.45, 7) is 1.19. The van der Waals surface area contributed by atoms with Crippen LogP contribution < -0.4 is 10.6 Å². The van der Waals surface area contributed by atoms with E-state index in [9.17, 15) is 18.0 Å². The summed E-state index contributed by atoms with van der Waals surface area (Å²) in [5, 5.41) is 0. The zero-order valence-electron chi connectivity index (χ0n) is 10.5. The molecule has 0 bridgehead atoms. The molecule has 1 heterocycles. The van der Waals surface area contributed by atoms with Crippen molar-refractivity contribution in [1.29, 1.82) is 0 Å². The summed E-state index contributed by atoms with van der Waals surface area (Å²) in [5.41, 5.74) is 7.60. The van der Waals surface area contributed by atoms with Crippen LogP contribution in [0.3, 0.4) is 0 Å². The number of anilines is 2. The van der Waals surface area contributed by atoms with E-state index in [0.717, 1.165) is 12.5 Å². The molecule has 1 aliphatic rings. The van der Waals surface area contributed by atoms with E-state index >= 15 is 0 Å². The van der Waals surface area contributed by atoms with Crippen molar-refractivity contribution >= 4 is 17.3 Å². The third kappa shape index (κ3) is 2.52. The predicted molar refractivity (Wildman–Crippen MR) is 66.7 cm³/mol. The summed E-state index contributed by atoms with van der Waals surface area (Å²) < 4.78 is 37.9. The zero-order valence-corrected chi connectivity index (χ0v) is 10.5. The van der Waals surface area contributed by atoms with Gasteiger partial charge in [0, 0.05) is 17.9 Å². The normalized spacial score (nSPS) is 16.9. The highest BCUT2D eigenvalue weighted by atomic mass is 19.4. The average Bonchev–Trinajstić information content (AvgIpc) is 2.36. The molecule has 0 fully saturated rings. The van der Waals surface area contributed by atoms with Crippen molar-refractivity contribution in [2.75, 3.05) is 17.2 Å². The second kappa shape index (κ2) is 4.75. The summed E-state index contributed by atoms with van der Waals surface area (Å²) in [6.07, 6.45) is -3.21. The maximum atomic E-state index is 12.6. The van der Waals surface area contributed by atoms with Crippen molar-refractivity contribution in [3.8, 4) is 0 Å². The van der Waals surface area contributed by atoms with Gasteiger partial charge in [-0.1, -0.05) is 6.07 Å². The Bertz CT molecular complexity index is 499. The molecular formula is C13H15F3N2O. The van der Waals surface area contributed by atoms with Gasteiger partial charge < -0.3 is 10.6 Å². The van der Waals surface area contributed by atoms with Crippen LogP contribution in [0.15, 0.2) is 18.2 Å². The number of benzene rings is 1. The number of rotatable bonds is 1. The lowest BCUT2D eigenvalue weighted by Crippen LogP contribution is -2.43. The molecule has 1 amide bonds. The molecule has 0 saturated carbocycles. The quantitative estimate of drug-likeness (QED) is 0.799. The Hall–Kier alpha value is -1.72. The number of nitrogens with zero attached hydrogens (tertiary/aromatic N) is 1. The first-order valence-electron chi connectivity index (χ1n) is 6.08. The standard InChI is InChI=1S/C13H15F3N2O/c1-8(13(14,15)16)12(19)18-7-3-4-9-10(17)5-2-6-11(9)18/h2,5-6,8H,3-4,7,17H2,1H3. The minimum atomic E-state index is -4.52. The molecule has 1 atom stereocenters. The molecular weight excluding hydrogens is 257 g/mol. The molecule has 6 heteroatoms. The smallest absolute Gasteiger partial charge is 0.398 e. The van der Waals surface area contributed by atoms with E-state index in [1.54, 1.807) is 18.2 Å². The molecule has 0 spiro atoms. The van der Waals surface area contributed by atoms with Crippen molar-refractivity contribution in [2.45, 2.75) is 25.9 Å². The second-order valence-corrected chi connectivity index (χ2v) is 4.70. The van der Waals surface area contributed by atoms with Crippen LogP contribution in [0.25, 0.3) is 0 Å². The summed E-state index contributed by atoms with van der Waals surface area (Å²) in [4.78, 5) is 13.2. The first kappa shape index (κ1) is 13.7. The summed E-state index contributed by atoms with van der Waals surface area (Å²) in [6, 6.07) is 4.99. The first-order chi connectivity index (χ1) is 8.82. The monoisotopic (exact) mass is 272 g/mol. The fourth-order valence-electron chi connectivity index (χ4n) is 2.25. The number of hydrogen-bond acceptors (Lipinski definition) is 2. The first-order valence-corrected chi connectivity index (χ1v) is 6.08. The Kier molecular flexibility index (Phi) is 3.43. The van der Waals surface area contributed by atoms with Gasteiger partial charge in [-0.2, -0.15) is 13.2 Å². The van der Waals surface area contributed by atoms with E-state index in [-0.39, 0.29) is 0 Å². The number of carbonyl (C=O) groups excluding carboxylic acids is 1. The molecule has 2 rings (SSSR count). The number of carbonyl (C=O) groups is 1. The Morgan fingerprint density at radius 3 is 2.74 bits per heavy atom. The van der Waals surface area contributed by atoms with Crippen LogP contribution in [0, 0.1) is 5.92 Å². The molecule has 0 radical (unpaired) electrons. The molecule has 2 N–H and O–H groups in total. The van der Waals surface area contributed by atoms with Gasteiger partial charge >= 0.3 is 6.18 Å². The number of nitrogen functional groups attached to an aromatic ring is 1.